The van der Waals surface area contributed by atoms with E-state index in [-0.39, 0.29) is 5.11 Å². The summed E-state index contributed by atoms with van der Waals surface area (Å²) in [6.07, 6.45) is 0.194. The minimum atomic E-state index is -0.589. The second-order valence-corrected chi connectivity index (χ2v) is 2.06. The van der Waals surface area contributed by atoms with E-state index in [4.69, 9.17) is 5.73 Å². The number of nitrogens with one attached hydrogen (secondary N) is 1. The van der Waals surface area contributed by atoms with Crippen LogP contribution in [0.15, 0.2) is 0 Å². The van der Waals surface area contributed by atoms with Gasteiger partial charge in [0.25, 0.3) is 0 Å². The summed E-state index contributed by atoms with van der Waals surface area (Å²) in [5, 5.41) is 2.06. The quantitative estimate of drug-likeness (QED) is 0.576. The maximum Gasteiger partial charge on any atom is 0.413 e. The van der Waals surface area contributed by atoms with Crippen LogP contribution in [0, 0.1) is 0 Å². The van der Waals surface area contributed by atoms with Crippen molar-refractivity contribution in [2.24, 2.45) is 5.73 Å². The van der Waals surface area contributed by atoms with Crippen molar-refractivity contribution in [3.8, 4) is 0 Å². The fraction of sp³-hybridized carbons (Fsp3) is 0.600. The molecule has 58 valence electrons. The molecule has 0 fully saturated rings. The molecule has 0 spiro atoms. The highest BCUT2D eigenvalue weighted by Gasteiger charge is 1.99. The third-order valence-corrected chi connectivity index (χ3v) is 0.765. The number of thiocarbonyl (C=S) groups is 1. The van der Waals surface area contributed by atoms with Crippen LogP contribution in [0.1, 0.15) is 13.3 Å². The van der Waals surface area contributed by atoms with Gasteiger partial charge in [-0.2, -0.15) is 0 Å². The Balaban J connectivity index is 3.35. The number of carbonyl (C=O) groups excluding carboxylic acids is 1. The smallest absolute Gasteiger partial charge is 0.413 e. The molecule has 0 aromatic carbocycles. The van der Waals surface area contributed by atoms with Gasteiger partial charge in [-0.05, 0) is 18.6 Å². The van der Waals surface area contributed by atoms with Crippen molar-refractivity contribution in [3.63, 3.8) is 0 Å². The lowest BCUT2D eigenvalue weighted by atomic mass is 10.5. The molecular weight excluding hydrogens is 152 g/mol. The first kappa shape index (κ1) is 9.16. The highest BCUT2D eigenvalue weighted by Crippen LogP contribution is 1.80. The molecule has 0 aliphatic carbocycles. The van der Waals surface area contributed by atoms with Crippen molar-refractivity contribution in [2.45, 2.75) is 13.3 Å². The Labute approximate surface area is 64.7 Å². The van der Waals surface area contributed by atoms with Crippen LogP contribution in [0.2, 0.25) is 0 Å². The number of ether oxygens (including phenoxy) is 1. The lowest BCUT2D eigenvalue weighted by Crippen LogP contribution is -2.35. The molecule has 0 aromatic rings. The zero-order valence-electron chi connectivity index (χ0n) is 5.72. The number of hydrogen-bond acceptors (Lipinski definition) is 3. The fourth-order valence-corrected chi connectivity index (χ4v) is 0.415. The summed E-state index contributed by atoms with van der Waals surface area (Å²) in [6.45, 7) is 2.28. The molecule has 0 heterocycles. The van der Waals surface area contributed by atoms with Crippen LogP contribution >= 0.6 is 12.2 Å². The van der Waals surface area contributed by atoms with Gasteiger partial charge in [0.2, 0.25) is 0 Å². The SMILES string of the molecule is CCCOC(=O)NC(N)=S. The Morgan fingerprint density at radius 3 is 2.80 bits per heavy atom. The molecule has 0 rings (SSSR count). The number of rotatable bonds is 2. The van der Waals surface area contributed by atoms with Crippen molar-refractivity contribution in [2.75, 3.05) is 6.61 Å². The van der Waals surface area contributed by atoms with E-state index in [1.165, 1.54) is 0 Å². The summed E-state index contributed by atoms with van der Waals surface area (Å²) in [6, 6.07) is 0. The molecule has 0 atom stereocenters. The molecular formula is C5H10N2O2S. The topological polar surface area (TPSA) is 64.3 Å². The number of nitrogens with two attached hydrogens (primary N) is 1. The third-order valence-electron chi connectivity index (χ3n) is 0.663. The van der Waals surface area contributed by atoms with E-state index in [0.717, 1.165) is 6.42 Å². The average Bonchev–Trinajstić information content (AvgIpc) is 1.82. The van der Waals surface area contributed by atoms with Crippen LogP contribution < -0.4 is 11.1 Å². The Bertz CT molecular complexity index is 138. The van der Waals surface area contributed by atoms with Crippen molar-refractivity contribution < 1.29 is 9.53 Å². The molecule has 5 heteroatoms. The molecule has 0 bridgehead atoms. The average molecular weight is 162 g/mol. The van der Waals surface area contributed by atoms with E-state index >= 15 is 0 Å². The molecule has 0 aliphatic heterocycles. The van der Waals surface area contributed by atoms with Crippen molar-refractivity contribution >= 4 is 23.4 Å². The summed E-state index contributed by atoms with van der Waals surface area (Å²) in [4.78, 5) is 10.5. The zero-order valence-corrected chi connectivity index (χ0v) is 6.53. The normalized spacial score (nSPS) is 8.50. The van der Waals surface area contributed by atoms with E-state index in [2.05, 4.69) is 22.3 Å². The fourth-order valence-electron chi connectivity index (χ4n) is 0.331. The maximum absolute atomic E-state index is 10.5. The maximum atomic E-state index is 10.5. The van der Waals surface area contributed by atoms with E-state index < -0.39 is 6.09 Å². The predicted octanol–water partition coefficient (Wildman–Crippen LogP) is 0.366. The first-order valence-corrected chi connectivity index (χ1v) is 3.31. The van der Waals surface area contributed by atoms with Crippen molar-refractivity contribution in [1.82, 2.24) is 5.32 Å². The van der Waals surface area contributed by atoms with Crippen LogP contribution in [-0.2, 0) is 4.74 Å². The molecule has 0 aromatic heterocycles. The van der Waals surface area contributed by atoms with Crippen LogP contribution in [0.5, 0.6) is 0 Å². The van der Waals surface area contributed by atoms with Crippen molar-refractivity contribution in [3.05, 3.63) is 0 Å². The minimum Gasteiger partial charge on any atom is -0.449 e. The highest BCUT2D eigenvalue weighted by molar-refractivity contribution is 7.80. The van der Waals surface area contributed by atoms with Gasteiger partial charge in [-0.3, -0.25) is 5.32 Å². The Hall–Kier alpha value is -0.840. The standard InChI is InChI=1S/C5H10N2O2S/c1-2-3-9-5(8)7-4(6)10/h2-3H2,1H3,(H3,6,7,8,10). The minimum absolute atomic E-state index is 0.0684. The Morgan fingerprint density at radius 2 is 2.40 bits per heavy atom. The molecule has 4 nitrogen and oxygen atoms in total. The number of carbonyl (C=O) groups is 1. The van der Waals surface area contributed by atoms with Gasteiger partial charge >= 0.3 is 6.09 Å². The second-order valence-electron chi connectivity index (χ2n) is 1.63. The number of hydrogen-bond donors (Lipinski definition) is 2. The first-order chi connectivity index (χ1) is 4.66. The molecule has 1 amide bonds. The summed E-state index contributed by atoms with van der Waals surface area (Å²) < 4.78 is 4.58. The van der Waals surface area contributed by atoms with Crippen LogP contribution in [0.25, 0.3) is 0 Å². The lowest BCUT2D eigenvalue weighted by Gasteiger charge is -2.02. The molecule has 10 heavy (non-hydrogen) atoms. The molecule has 0 unspecified atom stereocenters. The summed E-state index contributed by atoms with van der Waals surface area (Å²) in [5.41, 5.74) is 4.98. The Kier molecular flexibility index (Phi) is 4.57. The van der Waals surface area contributed by atoms with Crippen LogP contribution in [-0.4, -0.2) is 17.8 Å². The second kappa shape index (κ2) is 4.99. The van der Waals surface area contributed by atoms with Gasteiger partial charge in [-0.25, -0.2) is 4.79 Å². The monoisotopic (exact) mass is 162 g/mol. The third kappa shape index (κ3) is 5.30. The van der Waals surface area contributed by atoms with Gasteiger partial charge in [-0.1, -0.05) is 6.92 Å². The van der Waals surface area contributed by atoms with Crippen LogP contribution in [0.3, 0.4) is 0 Å². The van der Waals surface area contributed by atoms with Gasteiger partial charge in [0, 0.05) is 0 Å². The largest absolute Gasteiger partial charge is 0.449 e. The van der Waals surface area contributed by atoms with Gasteiger partial charge in [0.05, 0.1) is 6.61 Å². The Morgan fingerprint density at radius 1 is 1.80 bits per heavy atom. The van der Waals surface area contributed by atoms with Gasteiger partial charge in [0.1, 0.15) is 0 Å². The first-order valence-electron chi connectivity index (χ1n) is 2.90. The van der Waals surface area contributed by atoms with E-state index in [1.54, 1.807) is 0 Å². The zero-order chi connectivity index (χ0) is 7.98. The molecule has 0 aliphatic rings. The summed E-state index contributed by atoms with van der Waals surface area (Å²) in [5.74, 6) is 0. The summed E-state index contributed by atoms with van der Waals surface area (Å²) >= 11 is 4.39. The van der Waals surface area contributed by atoms with E-state index in [0.29, 0.717) is 6.61 Å². The predicted molar refractivity (Wildman–Crippen MR) is 41.6 cm³/mol. The molecule has 0 radical (unpaired) electrons. The molecule has 3 N–H and O–H groups in total. The van der Waals surface area contributed by atoms with Gasteiger partial charge < -0.3 is 10.5 Å². The van der Waals surface area contributed by atoms with E-state index in [9.17, 15) is 4.79 Å². The molecule has 0 saturated heterocycles. The van der Waals surface area contributed by atoms with Gasteiger partial charge in [-0.15, -0.1) is 0 Å². The van der Waals surface area contributed by atoms with Crippen molar-refractivity contribution in [1.29, 1.82) is 0 Å². The number of amides is 1. The van der Waals surface area contributed by atoms with Gasteiger partial charge in [0.15, 0.2) is 5.11 Å². The lowest BCUT2D eigenvalue weighted by molar-refractivity contribution is 0.152. The van der Waals surface area contributed by atoms with E-state index in [1.807, 2.05) is 6.92 Å². The number of alkyl carbamates (subject to hydrolysis) is 1. The summed E-state index contributed by atoms with van der Waals surface area (Å²) in [7, 11) is 0. The highest BCUT2D eigenvalue weighted by atomic mass is 32.1. The van der Waals surface area contributed by atoms with Crippen LogP contribution in [0.4, 0.5) is 4.79 Å². The molecule has 0 saturated carbocycles.